The smallest absolute Gasteiger partial charge is 0.0960 e. The zero-order valence-electron chi connectivity index (χ0n) is 22.0. The van der Waals surface area contributed by atoms with Crippen molar-refractivity contribution >= 4 is 33.5 Å². The molecule has 4 aromatic heterocycles. The van der Waals surface area contributed by atoms with Gasteiger partial charge in [-0.05, 0) is 69.9 Å². The van der Waals surface area contributed by atoms with Gasteiger partial charge in [0.15, 0.2) is 0 Å². The number of aliphatic hydroxyl groups is 1. The van der Waals surface area contributed by atoms with Crippen LogP contribution in [0.4, 0.5) is 0 Å². The molecule has 8 nitrogen and oxygen atoms in total. The number of fused-ring (bicyclic) bond motifs is 3. The number of pyridine rings is 2. The lowest BCUT2D eigenvalue weighted by Gasteiger charge is -2.32. The Morgan fingerprint density at radius 1 is 1.11 bits per heavy atom. The standard InChI is InChI=1S/C29H31ClN6O2/c1-17-27(35(4)34-33-17)20-15-24-21(14-22(20)30)26-25(13-19(16-32-26)29(2,3)37)36(24)28(18-8-11-38-12-9-18)23-7-5-6-10-31-23/h5-7,10,13-16,18,28,37H,8-9,11-12H2,1-4H3/t28-/m1/s1. The fourth-order valence-electron chi connectivity index (χ4n) is 5.74. The predicted octanol–water partition coefficient (Wildman–Crippen LogP) is 5.59. The molecule has 0 amide bonds. The second kappa shape index (κ2) is 9.45. The zero-order valence-corrected chi connectivity index (χ0v) is 22.8. The number of hydrogen-bond acceptors (Lipinski definition) is 6. The van der Waals surface area contributed by atoms with Crippen LogP contribution in [0.2, 0.25) is 5.02 Å². The molecular weight excluding hydrogens is 500 g/mol. The van der Waals surface area contributed by atoms with Crippen molar-refractivity contribution in [2.45, 2.75) is 45.3 Å². The molecule has 196 valence electrons. The van der Waals surface area contributed by atoms with Gasteiger partial charge in [0.25, 0.3) is 0 Å². The van der Waals surface area contributed by atoms with Gasteiger partial charge in [0, 0.05) is 49.2 Å². The molecule has 38 heavy (non-hydrogen) atoms. The van der Waals surface area contributed by atoms with Crippen LogP contribution in [0.3, 0.4) is 0 Å². The molecule has 1 saturated heterocycles. The second-order valence-corrected chi connectivity index (χ2v) is 11.1. The Morgan fingerprint density at radius 3 is 2.55 bits per heavy atom. The average molecular weight is 531 g/mol. The summed E-state index contributed by atoms with van der Waals surface area (Å²) in [6.07, 6.45) is 5.45. The van der Waals surface area contributed by atoms with Crippen LogP contribution in [-0.2, 0) is 17.4 Å². The van der Waals surface area contributed by atoms with Crippen LogP contribution < -0.4 is 0 Å². The Balaban J connectivity index is 1.72. The maximum atomic E-state index is 10.9. The van der Waals surface area contributed by atoms with E-state index in [4.69, 9.17) is 26.3 Å². The van der Waals surface area contributed by atoms with Crippen LogP contribution in [0.25, 0.3) is 33.2 Å². The van der Waals surface area contributed by atoms with Gasteiger partial charge >= 0.3 is 0 Å². The van der Waals surface area contributed by atoms with E-state index >= 15 is 0 Å². The summed E-state index contributed by atoms with van der Waals surface area (Å²) in [5.74, 6) is 0.308. The Kier molecular flexibility index (Phi) is 6.21. The van der Waals surface area contributed by atoms with Gasteiger partial charge in [0.2, 0.25) is 0 Å². The molecular formula is C29H31ClN6O2. The fourth-order valence-corrected chi connectivity index (χ4v) is 5.99. The number of aromatic nitrogens is 6. The van der Waals surface area contributed by atoms with Gasteiger partial charge < -0.3 is 14.4 Å². The zero-order chi connectivity index (χ0) is 26.6. The molecule has 1 fully saturated rings. The van der Waals surface area contributed by atoms with Gasteiger partial charge in [-0.2, -0.15) is 0 Å². The first-order valence-corrected chi connectivity index (χ1v) is 13.3. The van der Waals surface area contributed by atoms with Crippen LogP contribution in [0.1, 0.15) is 49.7 Å². The molecule has 1 N–H and O–H groups in total. The monoisotopic (exact) mass is 530 g/mol. The van der Waals surface area contributed by atoms with Crippen molar-refractivity contribution in [3.8, 4) is 11.3 Å². The van der Waals surface area contributed by atoms with Crippen LogP contribution in [0.5, 0.6) is 0 Å². The van der Waals surface area contributed by atoms with Crippen LogP contribution in [0, 0.1) is 12.8 Å². The summed E-state index contributed by atoms with van der Waals surface area (Å²) in [4.78, 5) is 9.70. The van der Waals surface area contributed by atoms with E-state index in [0.717, 1.165) is 76.2 Å². The highest BCUT2D eigenvalue weighted by Gasteiger charge is 2.32. The molecule has 0 saturated carbocycles. The minimum Gasteiger partial charge on any atom is -0.386 e. The molecule has 1 aliphatic rings. The summed E-state index contributed by atoms with van der Waals surface area (Å²) in [6.45, 7) is 6.94. The molecule has 0 aliphatic carbocycles. The molecule has 0 spiro atoms. The Labute approximate surface area is 226 Å². The van der Waals surface area contributed by atoms with E-state index in [9.17, 15) is 5.11 Å². The number of aryl methyl sites for hydroxylation is 2. The van der Waals surface area contributed by atoms with E-state index in [1.165, 1.54) is 0 Å². The number of nitrogens with zero attached hydrogens (tertiary/aromatic N) is 6. The molecule has 1 aromatic carbocycles. The molecule has 6 rings (SSSR count). The van der Waals surface area contributed by atoms with Crippen molar-refractivity contribution in [3.63, 3.8) is 0 Å². The third kappa shape index (κ3) is 4.17. The molecule has 0 radical (unpaired) electrons. The number of rotatable bonds is 5. The van der Waals surface area contributed by atoms with Gasteiger partial charge in [-0.25, -0.2) is 4.68 Å². The van der Waals surface area contributed by atoms with Crippen LogP contribution in [-0.4, -0.2) is 47.8 Å². The summed E-state index contributed by atoms with van der Waals surface area (Å²) in [6, 6.07) is 12.2. The molecule has 1 aliphatic heterocycles. The van der Waals surface area contributed by atoms with E-state index in [0.29, 0.717) is 10.9 Å². The van der Waals surface area contributed by atoms with Gasteiger partial charge in [-0.15, -0.1) is 5.10 Å². The molecule has 0 bridgehead atoms. The Hall–Kier alpha value is -3.33. The summed E-state index contributed by atoms with van der Waals surface area (Å²) in [5.41, 5.74) is 6.03. The van der Waals surface area contributed by atoms with Crippen molar-refractivity contribution < 1.29 is 9.84 Å². The normalized spacial score (nSPS) is 15.9. The van der Waals surface area contributed by atoms with Gasteiger partial charge in [-0.3, -0.25) is 9.97 Å². The van der Waals surface area contributed by atoms with Crippen molar-refractivity contribution in [2.75, 3.05) is 13.2 Å². The fraction of sp³-hybridized carbons (Fsp3) is 0.379. The van der Waals surface area contributed by atoms with Gasteiger partial charge in [-0.1, -0.05) is 22.9 Å². The van der Waals surface area contributed by atoms with Crippen molar-refractivity contribution in [2.24, 2.45) is 13.0 Å². The van der Waals surface area contributed by atoms with Crippen molar-refractivity contribution in [1.82, 2.24) is 29.5 Å². The summed E-state index contributed by atoms with van der Waals surface area (Å²) in [7, 11) is 1.88. The largest absolute Gasteiger partial charge is 0.386 e. The predicted molar refractivity (Wildman–Crippen MR) is 148 cm³/mol. The lowest BCUT2D eigenvalue weighted by Crippen LogP contribution is -2.27. The van der Waals surface area contributed by atoms with Crippen molar-refractivity contribution in [3.05, 3.63) is 70.8 Å². The minimum atomic E-state index is -1.04. The first kappa shape index (κ1) is 25.0. The van der Waals surface area contributed by atoms with Crippen molar-refractivity contribution in [1.29, 1.82) is 0 Å². The Morgan fingerprint density at radius 2 is 1.89 bits per heavy atom. The minimum absolute atomic E-state index is 0.0567. The first-order valence-electron chi connectivity index (χ1n) is 13.0. The van der Waals surface area contributed by atoms with Crippen LogP contribution >= 0.6 is 11.6 Å². The number of hydrogen-bond donors (Lipinski definition) is 1. The first-order chi connectivity index (χ1) is 18.2. The molecule has 5 aromatic rings. The highest BCUT2D eigenvalue weighted by Crippen LogP contribution is 2.43. The highest BCUT2D eigenvalue weighted by atomic mass is 35.5. The Bertz CT molecular complexity index is 1610. The summed E-state index contributed by atoms with van der Waals surface area (Å²) >= 11 is 6.92. The lowest BCUT2D eigenvalue weighted by atomic mass is 9.88. The quantitative estimate of drug-likeness (QED) is 0.319. The van der Waals surface area contributed by atoms with E-state index < -0.39 is 5.60 Å². The molecule has 0 unspecified atom stereocenters. The third-order valence-corrected chi connectivity index (χ3v) is 7.98. The maximum Gasteiger partial charge on any atom is 0.0960 e. The second-order valence-electron chi connectivity index (χ2n) is 10.7. The third-order valence-electron chi connectivity index (χ3n) is 7.67. The van der Waals surface area contributed by atoms with E-state index in [2.05, 4.69) is 33.1 Å². The summed E-state index contributed by atoms with van der Waals surface area (Å²) in [5, 5.41) is 20.9. The number of halogens is 1. The van der Waals surface area contributed by atoms with Crippen LogP contribution in [0.15, 0.2) is 48.8 Å². The maximum absolute atomic E-state index is 10.9. The number of benzene rings is 1. The molecule has 5 heterocycles. The molecule has 9 heteroatoms. The van der Waals surface area contributed by atoms with Gasteiger partial charge in [0.05, 0.1) is 50.3 Å². The average Bonchev–Trinajstić information content (AvgIpc) is 3.40. The lowest BCUT2D eigenvalue weighted by molar-refractivity contribution is 0.0547. The topological polar surface area (TPSA) is 90.9 Å². The highest BCUT2D eigenvalue weighted by molar-refractivity contribution is 6.34. The number of ether oxygens (including phenoxy) is 1. The van der Waals surface area contributed by atoms with E-state index in [1.807, 2.05) is 38.4 Å². The van der Waals surface area contributed by atoms with Gasteiger partial charge in [0.1, 0.15) is 0 Å². The van der Waals surface area contributed by atoms with E-state index in [1.54, 1.807) is 24.7 Å². The van der Waals surface area contributed by atoms with E-state index in [-0.39, 0.29) is 6.04 Å². The SMILES string of the molecule is Cc1nnn(C)c1-c1cc2c(cc1Cl)c1ncc(C(C)(C)O)cc1n2[C@@H](c1ccccn1)C1CCOCC1. The molecule has 1 atom stereocenters. The summed E-state index contributed by atoms with van der Waals surface area (Å²) < 4.78 is 9.85.